The molecule has 0 spiro atoms. The molecule has 0 saturated carbocycles. The van der Waals surface area contributed by atoms with Gasteiger partial charge in [0.25, 0.3) is 0 Å². The smallest absolute Gasteiger partial charge is 0.156 e. The maximum absolute atomic E-state index is 10.4. The van der Waals surface area contributed by atoms with Gasteiger partial charge in [-0.15, -0.1) is 0 Å². The number of ketones is 1. The molecular weight excluding hydrogens is 148 g/mol. The highest BCUT2D eigenvalue weighted by molar-refractivity contribution is 8.11. The third-order valence-electron chi connectivity index (χ3n) is 1.04. The Morgan fingerprint density at radius 1 is 1.80 bits per heavy atom. The highest BCUT2D eigenvalue weighted by atomic mass is 32.2. The second-order valence-electron chi connectivity index (χ2n) is 2.08. The number of hydrogen-bond acceptors (Lipinski definition) is 2. The highest BCUT2D eigenvalue weighted by Gasteiger charge is 1.98. The first-order chi connectivity index (χ1) is 4.79. The lowest BCUT2D eigenvalue weighted by Gasteiger charge is -2.00. The van der Waals surface area contributed by atoms with Crippen LogP contribution in [0.15, 0.2) is 12.2 Å². The van der Waals surface area contributed by atoms with Crippen molar-refractivity contribution in [2.24, 2.45) is 0 Å². The summed E-state index contributed by atoms with van der Waals surface area (Å²) in [6, 6.07) is 0. The maximum Gasteiger partial charge on any atom is 0.156 e. The normalized spacial score (nSPS) is 22.7. The van der Waals surface area contributed by atoms with Crippen molar-refractivity contribution in [1.29, 1.82) is 0 Å². The van der Waals surface area contributed by atoms with Crippen LogP contribution in [-0.4, -0.2) is 23.5 Å². The van der Waals surface area contributed by atoms with Crippen molar-refractivity contribution in [3.8, 4) is 0 Å². The zero-order chi connectivity index (χ0) is 7.40. The van der Waals surface area contributed by atoms with Crippen LogP contribution in [0.4, 0.5) is 0 Å². The van der Waals surface area contributed by atoms with Crippen molar-refractivity contribution in [3.63, 3.8) is 0 Å². The first-order valence-electron chi connectivity index (χ1n) is 3.11. The van der Waals surface area contributed by atoms with Gasteiger partial charge in [-0.3, -0.25) is 4.79 Å². The van der Waals surface area contributed by atoms with Gasteiger partial charge in [0, 0.05) is 5.75 Å². The Labute approximate surface area is 63.0 Å². The van der Waals surface area contributed by atoms with Gasteiger partial charge >= 0.3 is 0 Å². The molecule has 1 atom stereocenters. The molecule has 0 aromatic carbocycles. The average molecular weight is 158 g/mol. The van der Waals surface area contributed by atoms with Gasteiger partial charge in [-0.25, -0.2) is 0 Å². The molecule has 0 aromatic heterocycles. The quantitative estimate of drug-likeness (QED) is 0.576. The minimum absolute atomic E-state index is 0.0906. The van der Waals surface area contributed by atoms with Crippen molar-refractivity contribution in [1.82, 2.24) is 0 Å². The second-order valence-corrected chi connectivity index (χ2v) is 3.68. The lowest BCUT2D eigenvalue weighted by atomic mass is 10.5. The molecule has 56 valence electrons. The van der Waals surface area contributed by atoms with E-state index in [4.69, 9.17) is 4.18 Å². The summed E-state index contributed by atoms with van der Waals surface area (Å²) >= 11 is 0. The molecule has 1 heterocycles. The molecule has 10 heavy (non-hydrogen) atoms. The van der Waals surface area contributed by atoms with Crippen LogP contribution in [0.2, 0.25) is 0 Å². The molecule has 3 heteroatoms. The summed E-state index contributed by atoms with van der Waals surface area (Å²) in [5.74, 6) is 1.03. The maximum atomic E-state index is 10.4. The average Bonchev–Trinajstić information content (AvgIpc) is 2.34. The number of Topliss-reactive ketones (excluding diaryl/α,β-unsaturated/α-hetero) is 1. The summed E-state index contributed by atoms with van der Waals surface area (Å²) in [6.07, 6.45) is 4.02. The van der Waals surface area contributed by atoms with E-state index in [1.165, 1.54) is 6.92 Å². The predicted octanol–water partition coefficient (Wildman–Crippen LogP) is 1.15. The molecule has 1 aliphatic rings. The Kier molecular flexibility index (Phi) is 2.83. The molecule has 1 unspecified atom stereocenters. The fourth-order valence-electron chi connectivity index (χ4n) is 0.595. The van der Waals surface area contributed by atoms with Crippen molar-refractivity contribution in [2.75, 3.05) is 12.4 Å². The van der Waals surface area contributed by atoms with Crippen LogP contribution < -0.4 is 0 Å². The first kappa shape index (κ1) is 7.69. The van der Waals surface area contributed by atoms with E-state index >= 15 is 0 Å². The van der Waals surface area contributed by atoms with Crippen molar-refractivity contribution >= 4 is 21.9 Å². The van der Waals surface area contributed by atoms with Gasteiger partial charge in [0.1, 0.15) is 6.61 Å². The molecule has 0 aliphatic carbocycles. The van der Waals surface area contributed by atoms with Gasteiger partial charge in [-0.05, 0) is 12.3 Å². The van der Waals surface area contributed by atoms with Crippen LogP contribution in [0.3, 0.4) is 0 Å². The second kappa shape index (κ2) is 3.68. The van der Waals surface area contributed by atoms with Crippen molar-refractivity contribution in [3.05, 3.63) is 12.2 Å². The number of rotatable bonds is 3. The van der Waals surface area contributed by atoms with Gasteiger partial charge in [-0.2, -0.15) is 0 Å². The topological polar surface area (TPSA) is 26.3 Å². The Balaban J connectivity index is 2.21. The van der Waals surface area contributed by atoms with E-state index in [2.05, 4.69) is 0 Å². The molecular formula is C7H10O2S. The molecule has 0 saturated heterocycles. The van der Waals surface area contributed by atoms with E-state index < -0.39 is 0 Å². The third kappa shape index (κ3) is 2.45. The fraction of sp³-hybridized carbons (Fsp3) is 0.429. The van der Waals surface area contributed by atoms with E-state index in [9.17, 15) is 4.79 Å². The monoisotopic (exact) mass is 158 g/mol. The van der Waals surface area contributed by atoms with Gasteiger partial charge in [0.05, 0.1) is 0 Å². The Morgan fingerprint density at radius 2 is 2.60 bits per heavy atom. The lowest BCUT2D eigenvalue weighted by molar-refractivity contribution is -0.118. The summed E-state index contributed by atoms with van der Waals surface area (Å²) in [7, 11) is -0.105. The number of hydrogen-bond donors (Lipinski definition) is 0. The zero-order valence-electron chi connectivity index (χ0n) is 5.87. The van der Waals surface area contributed by atoms with Crippen LogP contribution in [0.5, 0.6) is 0 Å². The molecule has 0 aromatic rings. The third-order valence-corrected chi connectivity index (χ3v) is 2.44. The van der Waals surface area contributed by atoms with E-state index in [0.717, 1.165) is 5.75 Å². The lowest BCUT2D eigenvalue weighted by Crippen LogP contribution is -2.00. The summed E-state index contributed by atoms with van der Waals surface area (Å²) < 4.78 is 5.22. The summed E-state index contributed by atoms with van der Waals surface area (Å²) in [5.41, 5.74) is 0. The molecule has 0 bridgehead atoms. The zero-order valence-corrected chi connectivity index (χ0v) is 6.69. The van der Waals surface area contributed by atoms with Crippen molar-refractivity contribution in [2.45, 2.75) is 6.92 Å². The Morgan fingerprint density at radius 3 is 3.10 bits per heavy atom. The molecule has 0 N–H and O–H groups in total. The van der Waals surface area contributed by atoms with Gasteiger partial charge in [-0.1, -0.05) is 22.9 Å². The van der Waals surface area contributed by atoms with Crippen LogP contribution in [0, 0.1) is 0 Å². The number of allylic oxidation sites excluding steroid dienone is 1. The van der Waals surface area contributed by atoms with Crippen LogP contribution in [-0.2, 0) is 8.98 Å². The minimum atomic E-state index is -0.105. The van der Waals surface area contributed by atoms with Gasteiger partial charge in [0.15, 0.2) is 5.78 Å². The van der Waals surface area contributed by atoms with E-state index in [1.54, 1.807) is 0 Å². The van der Waals surface area contributed by atoms with E-state index in [0.29, 0.717) is 0 Å². The summed E-state index contributed by atoms with van der Waals surface area (Å²) in [6.45, 7) is 1.79. The predicted molar refractivity (Wildman–Crippen MR) is 44.3 cm³/mol. The molecule has 0 amide bonds. The summed E-state index contributed by atoms with van der Waals surface area (Å²) in [5, 5.41) is 1.99. The SMILES string of the molecule is CC(=O)COS1=CC=CC1. The fourth-order valence-corrected chi connectivity index (χ4v) is 1.79. The van der Waals surface area contributed by atoms with Crippen LogP contribution in [0.1, 0.15) is 6.92 Å². The molecule has 1 aliphatic heterocycles. The minimum Gasteiger partial charge on any atom is -0.315 e. The molecule has 0 radical (unpaired) electrons. The van der Waals surface area contributed by atoms with E-state index in [-0.39, 0.29) is 23.2 Å². The Bertz CT molecular complexity index is 194. The Hall–Kier alpha value is -0.410. The highest BCUT2D eigenvalue weighted by Crippen LogP contribution is 2.17. The van der Waals surface area contributed by atoms with Crippen LogP contribution in [0.25, 0.3) is 0 Å². The number of carbonyl (C=O) groups is 1. The molecule has 2 nitrogen and oxygen atoms in total. The van der Waals surface area contributed by atoms with Gasteiger partial charge in [0.2, 0.25) is 0 Å². The molecule has 0 fully saturated rings. The van der Waals surface area contributed by atoms with Crippen molar-refractivity contribution < 1.29 is 8.98 Å². The largest absolute Gasteiger partial charge is 0.315 e. The first-order valence-corrected chi connectivity index (χ1v) is 4.49. The number of carbonyl (C=O) groups excluding carboxylic acids is 1. The standard InChI is InChI=1S/C7H10O2S/c1-7(8)6-9-10-4-2-3-5-10/h2-4H,5-6H2,1H3. The van der Waals surface area contributed by atoms with E-state index in [1.807, 2.05) is 17.5 Å². The van der Waals surface area contributed by atoms with Crippen LogP contribution >= 0.6 is 10.8 Å². The van der Waals surface area contributed by atoms with Gasteiger partial charge < -0.3 is 4.18 Å². The summed E-state index contributed by atoms with van der Waals surface area (Å²) in [4.78, 5) is 10.4. The molecule has 1 rings (SSSR count).